The van der Waals surface area contributed by atoms with Crippen LogP contribution in [0.15, 0.2) is 42.5 Å². The molecule has 1 saturated heterocycles. The quantitative estimate of drug-likeness (QED) is 0.839. The molecule has 1 heterocycles. The fourth-order valence-corrected chi connectivity index (χ4v) is 4.85. The van der Waals surface area contributed by atoms with Crippen LogP contribution in [0.4, 0.5) is 11.4 Å². The number of methoxy groups -OCH3 is 1. The van der Waals surface area contributed by atoms with E-state index in [0.29, 0.717) is 11.4 Å². The number of anilines is 2. The molecule has 0 unspecified atom stereocenters. The van der Waals surface area contributed by atoms with Crippen molar-refractivity contribution >= 4 is 44.8 Å². The van der Waals surface area contributed by atoms with E-state index in [1.807, 2.05) is 0 Å². The summed E-state index contributed by atoms with van der Waals surface area (Å²) >= 11 is 6.18. The highest BCUT2D eigenvalue weighted by Gasteiger charge is 2.42. The minimum absolute atomic E-state index is 0.0427. The van der Waals surface area contributed by atoms with Crippen LogP contribution >= 0.6 is 11.6 Å². The lowest BCUT2D eigenvalue weighted by molar-refractivity contribution is -0.119. The maximum Gasteiger partial charge on any atom is 0.257 e. The van der Waals surface area contributed by atoms with E-state index in [4.69, 9.17) is 16.3 Å². The summed E-state index contributed by atoms with van der Waals surface area (Å²) in [6.07, 6.45) is 0. The molecule has 0 saturated carbocycles. The third-order valence-corrected chi connectivity index (χ3v) is 6.32. The molecule has 0 radical (unpaired) electrons. The molecular weight excluding hydrogens is 392 g/mol. The molecule has 1 atom stereocenters. The topological polar surface area (TPSA) is 92.8 Å². The molecule has 0 bridgehead atoms. The molecule has 1 aliphatic heterocycles. The van der Waals surface area contributed by atoms with Crippen molar-refractivity contribution in [1.82, 2.24) is 0 Å². The van der Waals surface area contributed by atoms with Crippen LogP contribution in [0.25, 0.3) is 0 Å². The predicted molar refractivity (Wildman–Crippen MR) is 103 cm³/mol. The van der Waals surface area contributed by atoms with Gasteiger partial charge in [-0.1, -0.05) is 18.5 Å². The average molecular weight is 409 g/mol. The average Bonchev–Trinajstić information content (AvgIpc) is 2.82. The zero-order valence-corrected chi connectivity index (χ0v) is 16.2. The van der Waals surface area contributed by atoms with E-state index in [-0.39, 0.29) is 22.0 Å². The number of hydrogen-bond acceptors (Lipinski definition) is 5. The van der Waals surface area contributed by atoms with Gasteiger partial charge in [-0.2, -0.15) is 0 Å². The van der Waals surface area contributed by atoms with Gasteiger partial charge in [-0.3, -0.25) is 9.59 Å². The molecule has 0 aromatic heterocycles. The summed E-state index contributed by atoms with van der Waals surface area (Å²) in [6.45, 7) is 1.55. The van der Waals surface area contributed by atoms with E-state index in [9.17, 15) is 18.0 Å². The molecule has 2 aromatic carbocycles. The zero-order chi connectivity index (χ0) is 19.8. The Kier molecular flexibility index (Phi) is 5.12. The molecule has 0 aliphatic carbocycles. The first-order valence-electron chi connectivity index (χ1n) is 8.05. The molecule has 9 heteroatoms. The van der Waals surface area contributed by atoms with Crippen molar-refractivity contribution in [1.29, 1.82) is 0 Å². The number of sulfonamides is 1. The van der Waals surface area contributed by atoms with Gasteiger partial charge >= 0.3 is 0 Å². The van der Waals surface area contributed by atoms with E-state index in [0.717, 1.165) is 4.31 Å². The maximum absolute atomic E-state index is 12.4. The second-order valence-corrected chi connectivity index (χ2v) is 8.40. The van der Waals surface area contributed by atoms with Crippen molar-refractivity contribution in [2.45, 2.75) is 6.92 Å². The first-order chi connectivity index (χ1) is 12.7. The predicted octanol–water partition coefficient (Wildman–Crippen LogP) is 2.91. The van der Waals surface area contributed by atoms with E-state index in [1.165, 1.54) is 18.2 Å². The third-order valence-electron chi connectivity index (χ3n) is 4.14. The van der Waals surface area contributed by atoms with Crippen molar-refractivity contribution in [3.05, 3.63) is 53.1 Å². The highest BCUT2D eigenvalue weighted by Crippen LogP contribution is 2.31. The Labute approximate surface area is 161 Å². The summed E-state index contributed by atoms with van der Waals surface area (Å²) in [6, 6.07) is 10.8. The van der Waals surface area contributed by atoms with Crippen molar-refractivity contribution < 1.29 is 22.7 Å². The molecular formula is C18H17ClN2O5S. The summed E-state index contributed by atoms with van der Waals surface area (Å²) in [4.78, 5) is 24.6. The van der Waals surface area contributed by atoms with Gasteiger partial charge in [0.05, 0.1) is 35.1 Å². The number of carbonyl (C=O) groups excluding carboxylic acids is 2. The molecule has 3 rings (SSSR count). The second-order valence-electron chi connectivity index (χ2n) is 6.13. The Morgan fingerprint density at radius 3 is 2.41 bits per heavy atom. The van der Waals surface area contributed by atoms with Crippen LogP contribution in [-0.2, 0) is 14.8 Å². The smallest absolute Gasteiger partial charge is 0.257 e. The van der Waals surface area contributed by atoms with Crippen LogP contribution in [0.1, 0.15) is 17.3 Å². The minimum atomic E-state index is -3.73. The highest BCUT2D eigenvalue weighted by atomic mass is 35.5. The fraction of sp³-hybridized carbons (Fsp3) is 0.222. The number of amides is 2. The van der Waals surface area contributed by atoms with Crippen molar-refractivity contribution in [3.63, 3.8) is 0 Å². The monoisotopic (exact) mass is 408 g/mol. The van der Waals surface area contributed by atoms with Crippen LogP contribution in [-0.4, -0.2) is 33.1 Å². The Morgan fingerprint density at radius 2 is 1.89 bits per heavy atom. The lowest BCUT2D eigenvalue weighted by Gasteiger charge is -2.16. The van der Waals surface area contributed by atoms with Gasteiger partial charge in [-0.05, 0) is 42.5 Å². The Bertz CT molecular complexity index is 1000. The van der Waals surface area contributed by atoms with Crippen LogP contribution in [0.3, 0.4) is 0 Å². The number of nitrogens with one attached hydrogen (secondary N) is 1. The lowest BCUT2D eigenvalue weighted by atomic mass is 10.1. The number of carbonyl (C=O) groups is 2. The number of rotatable bonds is 4. The van der Waals surface area contributed by atoms with Gasteiger partial charge < -0.3 is 10.1 Å². The van der Waals surface area contributed by atoms with Crippen molar-refractivity contribution in [3.8, 4) is 5.75 Å². The normalized spacial score (nSPS) is 18.4. The summed E-state index contributed by atoms with van der Waals surface area (Å²) in [5, 5.41) is 2.74. The molecule has 2 aromatic rings. The van der Waals surface area contributed by atoms with Crippen LogP contribution in [0.2, 0.25) is 5.02 Å². The third kappa shape index (κ3) is 3.77. The van der Waals surface area contributed by atoms with Crippen molar-refractivity contribution in [2.24, 2.45) is 5.92 Å². The van der Waals surface area contributed by atoms with Crippen LogP contribution in [0, 0.1) is 5.92 Å². The number of hydrogen-bond donors (Lipinski definition) is 1. The minimum Gasteiger partial charge on any atom is -0.497 e. The number of ether oxygens (including phenoxy) is 1. The van der Waals surface area contributed by atoms with E-state index in [2.05, 4.69) is 5.32 Å². The highest BCUT2D eigenvalue weighted by molar-refractivity contribution is 7.94. The van der Waals surface area contributed by atoms with Crippen molar-refractivity contribution in [2.75, 3.05) is 22.5 Å². The van der Waals surface area contributed by atoms with Gasteiger partial charge in [0.2, 0.25) is 15.9 Å². The molecule has 27 heavy (non-hydrogen) atoms. The number of nitrogens with zero attached hydrogens (tertiary/aromatic N) is 1. The maximum atomic E-state index is 12.4. The summed E-state index contributed by atoms with van der Waals surface area (Å²) in [7, 11) is -2.19. The van der Waals surface area contributed by atoms with E-state index >= 15 is 0 Å². The Hall–Kier alpha value is -2.58. The Balaban J connectivity index is 1.84. The van der Waals surface area contributed by atoms with Crippen LogP contribution in [0.5, 0.6) is 5.75 Å². The van der Waals surface area contributed by atoms with Gasteiger partial charge in [0.25, 0.3) is 5.91 Å². The van der Waals surface area contributed by atoms with E-state index in [1.54, 1.807) is 38.3 Å². The summed E-state index contributed by atoms with van der Waals surface area (Å²) < 4.78 is 30.2. The van der Waals surface area contributed by atoms with Gasteiger partial charge in [0, 0.05) is 5.69 Å². The number of halogens is 1. The van der Waals surface area contributed by atoms with Gasteiger partial charge in [-0.15, -0.1) is 0 Å². The first-order valence-corrected chi connectivity index (χ1v) is 10.0. The summed E-state index contributed by atoms with van der Waals surface area (Å²) in [5.74, 6) is -1.18. The Morgan fingerprint density at radius 1 is 1.22 bits per heavy atom. The first kappa shape index (κ1) is 19.2. The van der Waals surface area contributed by atoms with Gasteiger partial charge in [0.15, 0.2) is 0 Å². The molecule has 1 aliphatic rings. The molecule has 0 spiro atoms. The SMILES string of the molecule is COc1ccc(NC(=O)c2ccc(N3C(=O)[C@@H](C)CS3(=O)=O)cc2Cl)cc1. The molecule has 7 nitrogen and oxygen atoms in total. The largest absolute Gasteiger partial charge is 0.497 e. The number of benzene rings is 2. The standard InChI is InChI=1S/C18H17ClN2O5S/c1-11-10-27(24,25)21(18(11)23)13-5-8-15(16(19)9-13)17(22)20-12-3-6-14(26-2)7-4-12/h3-9,11H,10H2,1-2H3,(H,20,22)/t11-/m0/s1. The lowest BCUT2D eigenvalue weighted by Crippen LogP contribution is -2.30. The van der Waals surface area contributed by atoms with E-state index < -0.39 is 27.8 Å². The van der Waals surface area contributed by atoms with Gasteiger partial charge in [-0.25, -0.2) is 12.7 Å². The molecule has 1 N–H and O–H groups in total. The second kappa shape index (κ2) is 7.21. The van der Waals surface area contributed by atoms with Crippen LogP contribution < -0.4 is 14.4 Å². The zero-order valence-electron chi connectivity index (χ0n) is 14.6. The molecule has 2 amide bonds. The molecule has 142 valence electrons. The van der Waals surface area contributed by atoms with Gasteiger partial charge in [0.1, 0.15) is 5.75 Å². The fourth-order valence-electron chi connectivity index (χ4n) is 2.77. The molecule has 1 fully saturated rings. The summed E-state index contributed by atoms with van der Waals surface area (Å²) in [5.41, 5.74) is 0.829.